The van der Waals surface area contributed by atoms with Crippen molar-refractivity contribution in [2.24, 2.45) is 0 Å². The zero-order valence-electron chi connectivity index (χ0n) is 11.2. The molecule has 0 aliphatic carbocycles. The Bertz CT molecular complexity index is 499. The molecule has 0 spiro atoms. The first-order valence-corrected chi connectivity index (χ1v) is 6.64. The van der Waals surface area contributed by atoms with E-state index in [2.05, 4.69) is 5.32 Å². The van der Waals surface area contributed by atoms with E-state index in [1.54, 1.807) is 4.90 Å². The van der Waals surface area contributed by atoms with Crippen LogP contribution in [0.1, 0.15) is 12.0 Å². The van der Waals surface area contributed by atoms with Gasteiger partial charge in [-0.05, 0) is 12.0 Å². The molecule has 0 saturated heterocycles. The predicted octanol–water partition coefficient (Wildman–Crippen LogP) is 1.65. The number of carboxylic acid groups (broad SMARTS) is 1. The first-order valence-electron chi connectivity index (χ1n) is 6.64. The zero-order chi connectivity index (χ0) is 14.4. The number of nitrogens with zero attached hydrogens (tertiary/aromatic N) is 1. The number of carboxylic acids is 1. The summed E-state index contributed by atoms with van der Waals surface area (Å²) in [6, 6.07) is 8.06. The van der Waals surface area contributed by atoms with Gasteiger partial charge in [0.15, 0.2) is 0 Å². The summed E-state index contributed by atoms with van der Waals surface area (Å²) in [7, 11) is 0. The molecule has 20 heavy (non-hydrogen) atoms. The van der Waals surface area contributed by atoms with Crippen LogP contribution in [0.5, 0.6) is 0 Å². The van der Waals surface area contributed by atoms with Gasteiger partial charge in [-0.2, -0.15) is 0 Å². The third kappa shape index (κ3) is 3.85. The van der Waals surface area contributed by atoms with Gasteiger partial charge in [0.1, 0.15) is 6.04 Å². The molecular formula is C15H18N2O3. The van der Waals surface area contributed by atoms with Gasteiger partial charge < -0.3 is 15.3 Å². The molecular weight excluding hydrogens is 256 g/mol. The first kappa shape index (κ1) is 14.1. The second kappa shape index (κ2) is 6.75. The molecule has 0 fully saturated rings. The number of amides is 2. The smallest absolute Gasteiger partial charge is 0.326 e. The molecule has 1 atom stereocenters. The first-order chi connectivity index (χ1) is 9.66. The molecule has 106 valence electrons. The largest absolute Gasteiger partial charge is 0.480 e. The maximum Gasteiger partial charge on any atom is 0.326 e. The van der Waals surface area contributed by atoms with Gasteiger partial charge in [-0.1, -0.05) is 42.5 Å². The van der Waals surface area contributed by atoms with Crippen LogP contribution in [0.25, 0.3) is 0 Å². The summed E-state index contributed by atoms with van der Waals surface area (Å²) in [4.78, 5) is 24.9. The number of hydrogen-bond acceptors (Lipinski definition) is 2. The molecule has 0 saturated carbocycles. The minimum Gasteiger partial charge on any atom is -0.480 e. The maximum atomic E-state index is 12.0. The average Bonchev–Trinajstić information content (AvgIpc) is 2.48. The molecule has 1 aliphatic rings. The Labute approximate surface area is 117 Å². The van der Waals surface area contributed by atoms with E-state index in [1.165, 1.54) is 0 Å². The monoisotopic (exact) mass is 274 g/mol. The van der Waals surface area contributed by atoms with Gasteiger partial charge >= 0.3 is 12.0 Å². The number of rotatable bonds is 4. The third-order valence-corrected chi connectivity index (χ3v) is 3.22. The highest BCUT2D eigenvalue weighted by Gasteiger charge is 2.23. The summed E-state index contributed by atoms with van der Waals surface area (Å²) in [5.41, 5.74) is 0.888. The van der Waals surface area contributed by atoms with E-state index in [-0.39, 0.29) is 12.5 Å². The van der Waals surface area contributed by atoms with Crippen LogP contribution in [0.15, 0.2) is 42.5 Å². The van der Waals surface area contributed by atoms with Crippen molar-refractivity contribution >= 4 is 12.0 Å². The highest BCUT2D eigenvalue weighted by Crippen LogP contribution is 2.06. The Balaban J connectivity index is 1.97. The van der Waals surface area contributed by atoms with Crippen molar-refractivity contribution in [1.82, 2.24) is 10.2 Å². The van der Waals surface area contributed by atoms with Crippen LogP contribution >= 0.6 is 0 Å². The lowest BCUT2D eigenvalue weighted by Gasteiger charge is -2.25. The van der Waals surface area contributed by atoms with Crippen molar-refractivity contribution in [2.45, 2.75) is 18.9 Å². The standard InChI is InChI=1S/C15H18N2O3/c18-14(19)13(11-12-7-3-1-4-8-12)16-15(20)17-9-5-2-6-10-17/h1-5,7-8,13H,6,9-11H2,(H,16,20)(H,18,19)/t13-/m0/s1. The van der Waals surface area contributed by atoms with E-state index in [0.29, 0.717) is 13.1 Å². The molecule has 0 radical (unpaired) electrons. The maximum absolute atomic E-state index is 12.0. The van der Waals surface area contributed by atoms with Crippen LogP contribution in [0.3, 0.4) is 0 Å². The van der Waals surface area contributed by atoms with E-state index >= 15 is 0 Å². The third-order valence-electron chi connectivity index (χ3n) is 3.22. The normalized spacial score (nSPS) is 15.7. The van der Waals surface area contributed by atoms with Gasteiger partial charge in [0.2, 0.25) is 0 Å². The summed E-state index contributed by atoms with van der Waals surface area (Å²) in [5.74, 6) is -1.02. The lowest BCUT2D eigenvalue weighted by molar-refractivity contribution is -0.139. The van der Waals surface area contributed by atoms with Crippen LogP contribution in [0, 0.1) is 0 Å². The Morgan fingerprint density at radius 1 is 1.25 bits per heavy atom. The van der Waals surface area contributed by atoms with Crippen LogP contribution in [0.4, 0.5) is 4.79 Å². The van der Waals surface area contributed by atoms with Crippen LogP contribution in [0.2, 0.25) is 0 Å². The van der Waals surface area contributed by atoms with Crippen molar-refractivity contribution in [3.8, 4) is 0 Å². The Kier molecular flexibility index (Phi) is 4.76. The summed E-state index contributed by atoms with van der Waals surface area (Å²) in [6.45, 7) is 1.16. The van der Waals surface area contributed by atoms with Gasteiger partial charge in [-0.25, -0.2) is 9.59 Å². The highest BCUT2D eigenvalue weighted by atomic mass is 16.4. The number of aliphatic carboxylic acids is 1. The molecule has 5 heteroatoms. The minimum absolute atomic E-state index is 0.283. The van der Waals surface area contributed by atoms with E-state index in [9.17, 15) is 14.7 Å². The Hall–Kier alpha value is -2.30. The number of carbonyl (C=O) groups excluding carboxylic acids is 1. The number of hydrogen-bond donors (Lipinski definition) is 2. The quantitative estimate of drug-likeness (QED) is 0.820. The van der Waals surface area contributed by atoms with Crippen LogP contribution < -0.4 is 5.32 Å². The fraction of sp³-hybridized carbons (Fsp3) is 0.333. The second-order valence-corrected chi connectivity index (χ2v) is 4.74. The average molecular weight is 274 g/mol. The summed E-state index contributed by atoms with van der Waals surface area (Å²) < 4.78 is 0. The molecule has 2 N–H and O–H groups in total. The SMILES string of the molecule is O=C(O)[C@H](Cc1ccccc1)NC(=O)N1CC=CCC1. The van der Waals surface area contributed by atoms with Crippen molar-refractivity contribution in [3.63, 3.8) is 0 Å². The van der Waals surface area contributed by atoms with Crippen molar-refractivity contribution < 1.29 is 14.7 Å². The lowest BCUT2D eigenvalue weighted by atomic mass is 10.1. The van der Waals surface area contributed by atoms with Crippen LogP contribution in [-0.2, 0) is 11.2 Å². The number of urea groups is 1. The number of nitrogens with one attached hydrogen (secondary N) is 1. The summed E-state index contributed by atoms with van der Waals surface area (Å²) in [5, 5.41) is 11.8. The molecule has 0 bridgehead atoms. The lowest BCUT2D eigenvalue weighted by Crippen LogP contribution is -2.49. The van der Waals surface area contributed by atoms with Crippen LogP contribution in [-0.4, -0.2) is 41.1 Å². The van der Waals surface area contributed by atoms with Gasteiger partial charge in [0, 0.05) is 19.5 Å². The highest BCUT2D eigenvalue weighted by molar-refractivity contribution is 5.83. The molecule has 1 aromatic carbocycles. The van der Waals surface area contributed by atoms with Gasteiger partial charge in [-0.15, -0.1) is 0 Å². The molecule has 1 aromatic rings. The summed E-state index contributed by atoms with van der Waals surface area (Å²) >= 11 is 0. The molecule has 0 unspecified atom stereocenters. The topological polar surface area (TPSA) is 69.6 Å². The van der Waals surface area contributed by atoms with Gasteiger partial charge in [0.05, 0.1) is 0 Å². The van der Waals surface area contributed by atoms with E-state index < -0.39 is 12.0 Å². The summed E-state index contributed by atoms with van der Waals surface area (Å²) in [6.07, 6.45) is 5.02. The fourth-order valence-electron chi connectivity index (χ4n) is 2.12. The fourth-order valence-corrected chi connectivity index (χ4v) is 2.12. The Morgan fingerprint density at radius 2 is 2.00 bits per heavy atom. The van der Waals surface area contributed by atoms with E-state index in [1.807, 2.05) is 42.5 Å². The van der Waals surface area contributed by atoms with Crippen molar-refractivity contribution in [2.75, 3.05) is 13.1 Å². The molecule has 5 nitrogen and oxygen atoms in total. The minimum atomic E-state index is -1.02. The molecule has 0 aromatic heterocycles. The molecule has 1 heterocycles. The van der Waals surface area contributed by atoms with E-state index in [0.717, 1.165) is 12.0 Å². The van der Waals surface area contributed by atoms with Gasteiger partial charge in [-0.3, -0.25) is 0 Å². The second-order valence-electron chi connectivity index (χ2n) is 4.74. The predicted molar refractivity (Wildman–Crippen MR) is 75.4 cm³/mol. The number of carbonyl (C=O) groups is 2. The van der Waals surface area contributed by atoms with Crippen molar-refractivity contribution in [3.05, 3.63) is 48.0 Å². The zero-order valence-corrected chi connectivity index (χ0v) is 11.2. The van der Waals surface area contributed by atoms with Gasteiger partial charge in [0.25, 0.3) is 0 Å². The molecule has 2 amide bonds. The molecule has 1 aliphatic heterocycles. The Morgan fingerprint density at radius 3 is 2.60 bits per heavy atom. The molecule has 2 rings (SSSR count). The van der Waals surface area contributed by atoms with E-state index in [4.69, 9.17) is 0 Å². The number of benzene rings is 1. The van der Waals surface area contributed by atoms with Crippen molar-refractivity contribution in [1.29, 1.82) is 0 Å².